The lowest BCUT2D eigenvalue weighted by molar-refractivity contribution is -0.151. The van der Waals surface area contributed by atoms with E-state index in [2.05, 4.69) is 62.5 Å². The highest BCUT2D eigenvalue weighted by atomic mass is 16.5. The van der Waals surface area contributed by atoms with Gasteiger partial charge in [0, 0.05) is 6.42 Å². The molecule has 0 heterocycles. The molecule has 3 unspecified atom stereocenters. The average Bonchev–Trinajstić information content (AvgIpc) is 3.23. The van der Waals surface area contributed by atoms with Gasteiger partial charge in [0.15, 0.2) is 0 Å². The largest absolute Gasteiger partial charge is 0.462 e. The topological polar surface area (TPSA) is 95.9 Å². The van der Waals surface area contributed by atoms with Gasteiger partial charge in [-0.15, -0.1) is 0 Å². The fourth-order valence-corrected chi connectivity index (χ4v) is 6.24. The van der Waals surface area contributed by atoms with Crippen molar-refractivity contribution < 1.29 is 24.5 Å². The summed E-state index contributed by atoms with van der Waals surface area (Å²) in [6, 6.07) is -0.732. The summed E-state index contributed by atoms with van der Waals surface area (Å²) < 4.78 is 5.87. The molecule has 0 spiro atoms. The molecule has 6 heteroatoms. The molecule has 6 nitrogen and oxygen atoms in total. The van der Waals surface area contributed by atoms with Crippen molar-refractivity contribution in [3.63, 3.8) is 0 Å². The van der Waals surface area contributed by atoms with Crippen molar-refractivity contribution in [3.05, 3.63) is 122 Å². The molecule has 3 N–H and O–H groups in total. The lowest BCUT2D eigenvalue weighted by Crippen LogP contribution is -2.46. The van der Waals surface area contributed by atoms with Crippen LogP contribution in [0.5, 0.6) is 0 Å². The fourth-order valence-electron chi connectivity index (χ4n) is 6.24. The molecule has 0 fully saturated rings. The monoisotopic (exact) mass is 816 g/mol. The summed E-state index contributed by atoms with van der Waals surface area (Å²) in [4.78, 5) is 26.0. The summed E-state index contributed by atoms with van der Waals surface area (Å²) in [6.45, 7) is 6.18. The molecule has 0 saturated carbocycles. The van der Waals surface area contributed by atoms with Crippen molar-refractivity contribution in [2.24, 2.45) is 0 Å². The maximum atomic E-state index is 13.1. The Morgan fingerprint density at radius 1 is 0.508 bits per heavy atom. The van der Waals surface area contributed by atoms with Crippen molar-refractivity contribution in [2.75, 3.05) is 6.61 Å². The first-order valence-electron chi connectivity index (χ1n) is 23.4. The van der Waals surface area contributed by atoms with Gasteiger partial charge in [0.1, 0.15) is 6.10 Å². The first-order valence-corrected chi connectivity index (χ1v) is 23.4. The zero-order valence-corrected chi connectivity index (χ0v) is 37.6. The van der Waals surface area contributed by atoms with Crippen LogP contribution in [0.1, 0.15) is 175 Å². The molecule has 0 aliphatic heterocycles. The average molecular weight is 816 g/mol. The first kappa shape index (κ1) is 55.3. The molecule has 332 valence electrons. The second-order valence-corrected chi connectivity index (χ2v) is 15.3. The van der Waals surface area contributed by atoms with Crippen molar-refractivity contribution in [1.82, 2.24) is 5.32 Å². The van der Waals surface area contributed by atoms with Gasteiger partial charge in [0.25, 0.3) is 0 Å². The third kappa shape index (κ3) is 40.8. The van der Waals surface area contributed by atoms with Crippen molar-refractivity contribution in [1.29, 1.82) is 0 Å². The molecule has 0 saturated heterocycles. The Morgan fingerprint density at radius 3 is 1.46 bits per heavy atom. The molecule has 0 aromatic carbocycles. The first-order chi connectivity index (χ1) is 29.0. The number of hydrogen-bond acceptors (Lipinski definition) is 5. The van der Waals surface area contributed by atoms with Gasteiger partial charge < -0.3 is 20.3 Å². The van der Waals surface area contributed by atoms with E-state index >= 15 is 0 Å². The van der Waals surface area contributed by atoms with Gasteiger partial charge in [0.05, 0.1) is 25.2 Å². The fraction of sp³-hybridized carbons (Fsp3) is 0.585. The molecule has 1 amide bonds. The van der Waals surface area contributed by atoms with Crippen LogP contribution in [0.3, 0.4) is 0 Å². The molecule has 3 atom stereocenters. The van der Waals surface area contributed by atoms with Crippen LogP contribution < -0.4 is 5.32 Å². The highest BCUT2D eigenvalue weighted by Crippen LogP contribution is 2.16. The Labute approximate surface area is 361 Å². The number of carbonyl (C=O) groups is 2. The molecule has 0 aromatic rings. The van der Waals surface area contributed by atoms with E-state index in [-0.39, 0.29) is 24.9 Å². The zero-order valence-electron chi connectivity index (χ0n) is 37.6. The molecule has 0 aliphatic rings. The van der Waals surface area contributed by atoms with Crippen molar-refractivity contribution in [2.45, 2.75) is 193 Å². The van der Waals surface area contributed by atoms with E-state index in [9.17, 15) is 19.8 Å². The third-order valence-electron chi connectivity index (χ3n) is 9.76. The predicted molar refractivity (Wildman–Crippen MR) is 254 cm³/mol. The molecule has 0 rings (SSSR count). The number of nitrogens with one attached hydrogen (secondary N) is 1. The molecule has 0 aliphatic carbocycles. The van der Waals surface area contributed by atoms with E-state index in [1.807, 2.05) is 85.1 Å². The number of ether oxygens (including phenoxy) is 1. The Bertz CT molecular complexity index is 1280. The third-order valence-corrected chi connectivity index (χ3v) is 9.76. The maximum absolute atomic E-state index is 13.1. The Morgan fingerprint density at radius 2 is 0.949 bits per heavy atom. The van der Waals surface area contributed by atoms with Crippen molar-refractivity contribution in [3.8, 4) is 0 Å². The van der Waals surface area contributed by atoms with Crippen molar-refractivity contribution >= 4 is 11.9 Å². The van der Waals surface area contributed by atoms with Gasteiger partial charge in [-0.05, 0) is 64.2 Å². The van der Waals surface area contributed by atoms with Crippen LogP contribution >= 0.6 is 0 Å². The van der Waals surface area contributed by atoms with Gasteiger partial charge in [-0.2, -0.15) is 0 Å². The summed E-state index contributed by atoms with van der Waals surface area (Å²) in [5, 5.41) is 23.6. The van der Waals surface area contributed by atoms with E-state index in [4.69, 9.17) is 4.74 Å². The van der Waals surface area contributed by atoms with E-state index < -0.39 is 18.2 Å². The Hall–Kier alpha value is -3.74. The van der Waals surface area contributed by atoms with E-state index in [1.165, 1.54) is 38.5 Å². The number of amides is 1. The van der Waals surface area contributed by atoms with Crippen LogP contribution in [0.4, 0.5) is 0 Å². The van der Waals surface area contributed by atoms with Crippen LogP contribution in [0.15, 0.2) is 122 Å². The van der Waals surface area contributed by atoms with Gasteiger partial charge in [-0.3, -0.25) is 9.59 Å². The summed E-state index contributed by atoms with van der Waals surface area (Å²) in [6.07, 6.45) is 62.5. The van der Waals surface area contributed by atoms with Gasteiger partial charge in [0.2, 0.25) is 5.91 Å². The summed E-state index contributed by atoms with van der Waals surface area (Å²) in [7, 11) is 0. The standard InChI is InChI=1S/C53H85NO5/c1-4-7-10-13-16-19-21-23-25-27-28-30-33-35-38-41-44-49(47-52(57)54-50(48-55)51(56)45-42-39-36-32-18-15-12-9-6-3)59-53(58)46-43-40-37-34-31-29-26-24-22-20-17-14-11-8-5-2/h8,10-11,13-14,16-17,19-31,49-51,55-56H,4-7,9,12,15,18,32-48H2,1-3H3,(H,54,57)/b11-8+,13-10+,17-14+,19-16+,22-20-,23-21+,26-24-,27-25+,30-28+,31-29+. The van der Waals surface area contributed by atoms with Crippen LogP contribution in [0.2, 0.25) is 0 Å². The second-order valence-electron chi connectivity index (χ2n) is 15.3. The second kappa shape index (κ2) is 45.3. The minimum absolute atomic E-state index is 0.0229. The van der Waals surface area contributed by atoms with Gasteiger partial charge >= 0.3 is 5.97 Å². The van der Waals surface area contributed by atoms with E-state index in [0.717, 1.165) is 89.9 Å². The number of rotatable bonds is 39. The normalized spacial score (nSPS) is 14.5. The van der Waals surface area contributed by atoms with E-state index in [0.29, 0.717) is 19.3 Å². The summed E-state index contributed by atoms with van der Waals surface area (Å²) in [5.41, 5.74) is 0. The van der Waals surface area contributed by atoms with E-state index in [1.54, 1.807) is 0 Å². The summed E-state index contributed by atoms with van der Waals surface area (Å²) >= 11 is 0. The number of unbranched alkanes of at least 4 members (excludes halogenated alkanes) is 15. The lowest BCUT2D eigenvalue weighted by Gasteiger charge is -2.24. The molecular weight excluding hydrogens is 731 g/mol. The van der Waals surface area contributed by atoms with Crippen LogP contribution in [0.25, 0.3) is 0 Å². The summed E-state index contributed by atoms with van der Waals surface area (Å²) in [5.74, 6) is -0.583. The Balaban J connectivity index is 4.84. The number of aliphatic hydroxyl groups is 2. The molecule has 0 bridgehead atoms. The highest BCUT2D eigenvalue weighted by molar-refractivity contribution is 5.77. The minimum atomic E-state index is -0.814. The SMILES string of the molecule is CC/C=C/C=C/C=C\C=C/C=C/CCCCCC(=O)OC(CCCCC/C=C/C=C/C=C/C=C/C=C/CCC)CC(=O)NC(CO)C(O)CCCCCCCCCCC. The van der Waals surface area contributed by atoms with Crippen LogP contribution in [0, 0.1) is 0 Å². The number of hydrogen-bond donors (Lipinski definition) is 3. The zero-order chi connectivity index (χ0) is 43.1. The Kier molecular flexibility index (Phi) is 42.5. The van der Waals surface area contributed by atoms with Gasteiger partial charge in [-0.25, -0.2) is 0 Å². The maximum Gasteiger partial charge on any atom is 0.306 e. The number of aliphatic hydroxyl groups excluding tert-OH is 2. The highest BCUT2D eigenvalue weighted by Gasteiger charge is 2.24. The smallest absolute Gasteiger partial charge is 0.306 e. The minimum Gasteiger partial charge on any atom is -0.462 e. The van der Waals surface area contributed by atoms with Gasteiger partial charge in [-0.1, -0.05) is 219 Å². The number of allylic oxidation sites excluding steroid dienone is 20. The lowest BCUT2D eigenvalue weighted by atomic mass is 10.0. The predicted octanol–water partition coefficient (Wildman–Crippen LogP) is 13.7. The molecular formula is C53H85NO5. The number of carbonyl (C=O) groups excluding carboxylic acids is 2. The number of esters is 1. The molecule has 0 aromatic heterocycles. The van der Waals surface area contributed by atoms with Crippen LogP contribution in [-0.4, -0.2) is 46.9 Å². The molecule has 0 radical (unpaired) electrons. The molecule has 59 heavy (non-hydrogen) atoms. The van der Waals surface area contributed by atoms with Crippen LogP contribution in [-0.2, 0) is 14.3 Å². The quantitative estimate of drug-likeness (QED) is 0.0326.